The van der Waals surface area contributed by atoms with Crippen molar-refractivity contribution in [2.75, 3.05) is 0 Å². The van der Waals surface area contributed by atoms with Crippen LogP contribution in [0.2, 0.25) is 0 Å². The predicted molar refractivity (Wildman–Crippen MR) is 90.4 cm³/mol. The lowest BCUT2D eigenvalue weighted by molar-refractivity contribution is -0.116. The van der Waals surface area contributed by atoms with Crippen LogP contribution in [0.25, 0.3) is 0 Å². The Balaban J connectivity index is 0.000000745. The van der Waals surface area contributed by atoms with Crippen LogP contribution in [0.4, 0.5) is 0 Å². The lowest BCUT2D eigenvalue weighted by atomic mass is 10.1. The molecule has 0 radical (unpaired) electrons. The third kappa shape index (κ3) is 4.69. The number of hydrogen-bond acceptors (Lipinski definition) is 2. The van der Waals surface area contributed by atoms with Crippen LogP contribution in [-0.4, -0.2) is 16.1 Å². The summed E-state index contributed by atoms with van der Waals surface area (Å²) in [4.78, 5) is 23.5. The maximum Gasteiger partial charge on any atom is 0.209 e. The zero-order valence-electron chi connectivity index (χ0n) is 14.1. The van der Waals surface area contributed by atoms with Crippen molar-refractivity contribution >= 4 is 11.6 Å². The highest BCUT2D eigenvalue weighted by molar-refractivity contribution is 6.08. The summed E-state index contributed by atoms with van der Waals surface area (Å²) in [5, 5.41) is 0. The lowest BCUT2D eigenvalue weighted by Crippen LogP contribution is -2.10. The second-order valence-corrected chi connectivity index (χ2v) is 5.55. The summed E-state index contributed by atoms with van der Waals surface area (Å²) < 4.78 is 1.80. The summed E-state index contributed by atoms with van der Waals surface area (Å²) >= 11 is 0. The van der Waals surface area contributed by atoms with Gasteiger partial charge in [-0.1, -0.05) is 50.1 Å². The number of aryl methyl sites for hydroxylation is 1. The van der Waals surface area contributed by atoms with Crippen LogP contribution in [0.1, 0.15) is 54.5 Å². The Bertz CT molecular complexity index is 636. The molecule has 0 N–H and O–H groups in total. The van der Waals surface area contributed by atoms with E-state index in [4.69, 9.17) is 0 Å². The van der Waals surface area contributed by atoms with Crippen LogP contribution < -0.4 is 0 Å². The van der Waals surface area contributed by atoms with Crippen molar-refractivity contribution in [3.8, 4) is 0 Å². The second kappa shape index (κ2) is 8.32. The molecule has 3 heteroatoms. The molecule has 22 heavy (non-hydrogen) atoms. The molecule has 1 aromatic heterocycles. The molecule has 1 heterocycles. The van der Waals surface area contributed by atoms with Crippen molar-refractivity contribution in [2.24, 2.45) is 7.05 Å². The van der Waals surface area contributed by atoms with Gasteiger partial charge in [0.2, 0.25) is 5.78 Å². The number of carbonyl (C=O) groups is 2. The molecule has 1 aromatic carbocycles. The minimum atomic E-state index is -0.0164. The first-order valence-corrected chi connectivity index (χ1v) is 7.66. The molecule has 0 saturated carbocycles. The largest absolute Gasteiger partial charge is 0.345 e. The Labute approximate surface area is 133 Å². The van der Waals surface area contributed by atoms with Crippen molar-refractivity contribution in [3.05, 3.63) is 58.9 Å². The Kier molecular flexibility index (Phi) is 6.77. The van der Waals surface area contributed by atoms with Gasteiger partial charge in [-0.05, 0) is 26.0 Å². The third-order valence-corrected chi connectivity index (χ3v) is 3.20. The first kappa shape index (κ1) is 17.9. The van der Waals surface area contributed by atoms with Crippen LogP contribution >= 0.6 is 0 Å². The molecule has 0 amide bonds. The first-order valence-electron chi connectivity index (χ1n) is 7.66. The van der Waals surface area contributed by atoms with Crippen molar-refractivity contribution in [3.63, 3.8) is 0 Å². The molecule has 0 unspecified atom stereocenters. The van der Waals surface area contributed by atoms with Crippen molar-refractivity contribution in [1.29, 1.82) is 0 Å². The maximum absolute atomic E-state index is 12.4. The summed E-state index contributed by atoms with van der Waals surface area (Å²) in [5.74, 6) is 0.0767. The smallest absolute Gasteiger partial charge is 0.209 e. The Morgan fingerprint density at radius 2 is 1.55 bits per heavy atom. The quantitative estimate of drug-likeness (QED) is 0.797. The SMILES string of the molecule is CC(=O)Cc1ccc(C(=O)c2ccc(C)cc2)n1C.CCC. The fourth-order valence-corrected chi connectivity index (χ4v) is 2.07. The van der Waals surface area contributed by atoms with Gasteiger partial charge in [0.15, 0.2) is 0 Å². The molecule has 0 aliphatic rings. The van der Waals surface area contributed by atoms with Gasteiger partial charge >= 0.3 is 0 Å². The van der Waals surface area contributed by atoms with Crippen molar-refractivity contribution in [1.82, 2.24) is 4.57 Å². The summed E-state index contributed by atoms with van der Waals surface area (Å²) in [6, 6.07) is 11.1. The summed E-state index contributed by atoms with van der Waals surface area (Å²) in [5.41, 5.74) is 3.27. The Hall–Kier alpha value is -2.16. The average molecular weight is 299 g/mol. The normalized spacial score (nSPS) is 9.86. The molecule has 0 bridgehead atoms. The highest BCUT2D eigenvalue weighted by Crippen LogP contribution is 2.14. The van der Waals surface area contributed by atoms with Crippen LogP contribution in [0, 0.1) is 6.92 Å². The van der Waals surface area contributed by atoms with Gasteiger partial charge in [0, 0.05) is 24.7 Å². The number of hydrogen-bond donors (Lipinski definition) is 0. The van der Waals surface area contributed by atoms with E-state index >= 15 is 0 Å². The lowest BCUT2D eigenvalue weighted by Gasteiger charge is -2.06. The van der Waals surface area contributed by atoms with Gasteiger partial charge in [-0.25, -0.2) is 0 Å². The summed E-state index contributed by atoms with van der Waals surface area (Å²) in [6.07, 6.45) is 1.61. The van der Waals surface area contributed by atoms with Gasteiger partial charge in [-0.15, -0.1) is 0 Å². The highest BCUT2D eigenvalue weighted by atomic mass is 16.1. The van der Waals surface area contributed by atoms with E-state index in [1.54, 1.807) is 17.6 Å². The monoisotopic (exact) mass is 299 g/mol. The van der Waals surface area contributed by atoms with E-state index in [1.807, 2.05) is 44.3 Å². The predicted octanol–water partition coefficient (Wildman–Crippen LogP) is 4.11. The van der Waals surface area contributed by atoms with Gasteiger partial charge in [0.1, 0.15) is 5.78 Å². The Morgan fingerprint density at radius 3 is 2.05 bits per heavy atom. The van der Waals surface area contributed by atoms with Gasteiger partial charge in [-0.2, -0.15) is 0 Å². The van der Waals surface area contributed by atoms with Crippen LogP contribution in [-0.2, 0) is 18.3 Å². The highest BCUT2D eigenvalue weighted by Gasteiger charge is 2.15. The standard InChI is InChI=1S/C16H17NO2.C3H8/c1-11-4-6-13(7-5-11)16(19)15-9-8-14(17(15)3)10-12(2)18;1-3-2/h4-9H,10H2,1-3H3;3H2,1-2H3. The zero-order chi connectivity index (χ0) is 16.7. The minimum Gasteiger partial charge on any atom is -0.345 e. The molecule has 0 atom stereocenters. The zero-order valence-corrected chi connectivity index (χ0v) is 14.1. The number of rotatable bonds is 4. The maximum atomic E-state index is 12.4. The molecular weight excluding hydrogens is 274 g/mol. The number of carbonyl (C=O) groups excluding carboxylic acids is 2. The van der Waals surface area contributed by atoms with Gasteiger partial charge in [-0.3, -0.25) is 9.59 Å². The molecule has 0 aliphatic heterocycles. The number of nitrogens with zero attached hydrogens (tertiary/aromatic N) is 1. The van der Waals surface area contributed by atoms with Crippen LogP contribution in [0.5, 0.6) is 0 Å². The molecule has 0 spiro atoms. The molecule has 2 rings (SSSR count). The molecular formula is C19H25NO2. The van der Waals surface area contributed by atoms with E-state index in [2.05, 4.69) is 13.8 Å². The average Bonchev–Trinajstić information content (AvgIpc) is 2.80. The molecule has 2 aromatic rings. The van der Waals surface area contributed by atoms with E-state index in [0.717, 1.165) is 11.3 Å². The topological polar surface area (TPSA) is 39.1 Å². The van der Waals surface area contributed by atoms with E-state index in [9.17, 15) is 9.59 Å². The number of ketones is 2. The number of aromatic nitrogens is 1. The van der Waals surface area contributed by atoms with E-state index in [1.165, 1.54) is 6.42 Å². The summed E-state index contributed by atoms with van der Waals surface area (Å²) in [7, 11) is 1.82. The second-order valence-electron chi connectivity index (χ2n) is 5.55. The molecule has 118 valence electrons. The van der Waals surface area contributed by atoms with E-state index < -0.39 is 0 Å². The molecule has 0 aliphatic carbocycles. The van der Waals surface area contributed by atoms with Crippen LogP contribution in [0.15, 0.2) is 36.4 Å². The fraction of sp³-hybridized carbons (Fsp3) is 0.368. The van der Waals surface area contributed by atoms with Gasteiger partial charge < -0.3 is 4.57 Å². The number of Topliss-reactive ketones (excluding diaryl/α,β-unsaturated/α-hetero) is 1. The first-order chi connectivity index (χ1) is 10.4. The van der Waals surface area contributed by atoms with E-state index in [0.29, 0.717) is 17.7 Å². The van der Waals surface area contributed by atoms with E-state index in [-0.39, 0.29) is 11.6 Å². The van der Waals surface area contributed by atoms with Gasteiger partial charge in [0.05, 0.1) is 5.69 Å². The molecule has 3 nitrogen and oxygen atoms in total. The Morgan fingerprint density at radius 1 is 1.00 bits per heavy atom. The van der Waals surface area contributed by atoms with Gasteiger partial charge in [0.25, 0.3) is 0 Å². The fourth-order valence-electron chi connectivity index (χ4n) is 2.07. The molecule has 0 fully saturated rings. The number of benzene rings is 1. The summed E-state index contributed by atoms with van der Waals surface area (Å²) in [6.45, 7) is 7.79. The van der Waals surface area contributed by atoms with Crippen molar-refractivity contribution < 1.29 is 9.59 Å². The minimum absolute atomic E-state index is 0.0164. The van der Waals surface area contributed by atoms with Crippen molar-refractivity contribution in [2.45, 2.75) is 40.5 Å². The molecule has 0 saturated heterocycles. The third-order valence-electron chi connectivity index (χ3n) is 3.20. The van der Waals surface area contributed by atoms with Crippen LogP contribution in [0.3, 0.4) is 0 Å².